The standard InChI is InChI=1S/C18H17ClN4O/c19-15-5-3-12(4-6-15)13-8-14(11-20-10-13)17(24)21-16-2-1-7-18(9-16)22-23-18/h3-6,8,10-11,16H,1-2,7,9H2,(H,21,24). The summed E-state index contributed by atoms with van der Waals surface area (Å²) in [7, 11) is 0. The first-order chi connectivity index (χ1) is 11.6. The number of amides is 1. The highest BCUT2D eigenvalue weighted by Gasteiger charge is 2.44. The van der Waals surface area contributed by atoms with E-state index in [9.17, 15) is 4.79 Å². The van der Waals surface area contributed by atoms with Gasteiger partial charge in [0.15, 0.2) is 5.66 Å². The van der Waals surface area contributed by atoms with Gasteiger partial charge < -0.3 is 5.32 Å². The summed E-state index contributed by atoms with van der Waals surface area (Å²) in [5, 5.41) is 12.1. The van der Waals surface area contributed by atoms with Crippen molar-refractivity contribution in [2.75, 3.05) is 0 Å². The summed E-state index contributed by atoms with van der Waals surface area (Å²) in [5.41, 5.74) is 2.24. The highest BCUT2D eigenvalue weighted by Crippen LogP contribution is 2.42. The van der Waals surface area contributed by atoms with E-state index in [1.165, 1.54) is 0 Å². The number of carbonyl (C=O) groups excluding carboxylic acids is 1. The van der Waals surface area contributed by atoms with Crippen LogP contribution in [0.1, 0.15) is 36.0 Å². The Bertz CT molecular complexity index is 797. The topological polar surface area (TPSA) is 66.7 Å². The van der Waals surface area contributed by atoms with Crippen molar-refractivity contribution in [3.05, 3.63) is 53.3 Å². The molecule has 1 unspecified atom stereocenters. The fourth-order valence-corrected chi connectivity index (χ4v) is 3.36. The van der Waals surface area contributed by atoms with Crippen molar-refractivity contribution in [3.8, 4) is 11.1 Å². The van der Waals surface area contributed by atoms with E-state index in [-0.39, 0.29) is 17.6 Å². The van der Waals surface area contributed by atoms with Crippen LogP contribution in [0, 0.1) is 0 Å². The first-order valence-electron chi connectivity index (χ1n) is 8.10. The van der Waals surface area contributed by atoms with Crippen LogP contribution in [0.5, 0.6) is 0 Å². The summed E-state index contributed by atoms with van der Waals surface area (Å²) in [4.78, 5) is 16.8. The largest absolute Gasteiger partial charge is 0.349 e. The first-order valence-corrected chi connectivity index (χ1v) is 8.47. The Morgan fingerprint density at radius 2 is 1.96 bits per heavy atom. The molecule has 2 heterocycles. The maximum Gasteiger partial charge on any atom is 0.253 e. The van der Waals surface area contributed by atoms with Gasteiger partial charge in [0.1, 0.15) is 0 Å². The van der Waals surface area contributed by atoms with E-state index in [4.69, 9.17) is 11.6 Å². The molecule has 0 radical (unpaired) electrons. The Balaban J connectivity index is 1.48. The first kappa shape index (κ1) is 15.3. The van der Waals surface area contributed by atoms with Gasteiger partial charge in [0.05, 0.1) is 5.56 Å². The Hall–Kier alpha value is -2.27. The van der Waals surface area contributed by atoms with Crippen LogP contribution in [0.4, 0.5) is 0 Å². The molecule has 1 N–H and O–H groups in total. The second-order valence-electron chi connectivity index (χ2n) is 6.42. The normalized spacial score (nSPS) is 20.8. The predicted octanol–water partition coefficient (Wildman–Crippen LogP) is 4.24. The van der Waals surface area contributed by atoms with Crippen molar-refractivity contribution in [1.82, 2.24) is 10.3 Å². The van der Waals surface area contributed by atoms with Gasteiger partial charge in [-0.3, -0.25) is 9.78 Å². The van der Waals surface area contributed by atoms with Crippen LogP contribution in [0.15, 0.2) is 53.0 Å². The third-order valence-corrected chi connectivity index (χ3v) is 4.85. The number of rotatable bonds is 3. The molecule has 122 valence electrons. The maximum atomic E-state index is 12.5. The van der Waals surface area contributed by atoms with Gasteiger partial charge >= 0.3 is 0 Å². The Labute approximate surface area is 145 Å². The molecule has 4 rings (SSSR count). The molecule has 1 aromatic carbocycles. The average Bonchev–Trinajstić information content (AvgIpc) is 3.34. The molecule has 6 heteroatoms. The lowest BCUT2D eigenvalue weighted by Gasteiger charge is -2.26. The number of nitrogens with one attached hydrogen (secondary N) is 1. The molecule has 1 atom stereocenters. The summed E-state index contributed by atoms with van der Waals surface area (Å²) in [5.74, 6) is -0.0963. The lowest BCUT2D eigenvalue weighted by Crippen LogP contribution is -2.41. The van der Waals surface area contributed by atoms with Crippen molar-refractivity contribution in [2.24, 2.45) is 10.2 Å². The van der Waals surface area contributed by atoms with Crippen LogP contribution < -0.4 is 5.32 Å². The average molecular weight is 341 g/mol. The summed E-state index contributed by atoms with van der Waals surface area (Å²) in [6.07, 6.45) is 7.18. The number of benzene rings is 1. The van der Waals surface area contributed by atoms with Gasteiger partial charge in [-0.25, -0.2) is 0 Å². The van der Waals surface area contributed by atoms with Gasteiger partial charge in [-0.1, -0.05) is 23.7 Å². The molecule has 0 saturated heterocycles. The molecular weight excluding hydrogens is 324 g/mol. The fourth-order valence-electron chi connectivity index (χ4n) is 3.24. The molecule has 1 spiro atoms. The number of carbonyl (C=O) groups is 1. The number of pyridine rings is 1. The molecule has 0 bridgehead atoms. The molecule has 1 amide bonds. The zero-order chi connectivity index (χ0) is 16.6. The minimum absolute atomic E-state index is 0.0963. The van der Waals surface area contributed by atoms with Crippen LogP contribution >= 0.6 is 11.6 Å². The molecule has 1 aliphatic heterocycles. The summed E-state index contributed by atoms with van der Waals surface area (Å²) < 4.78 is 0. The second kappa shape index (κ2) is 5.98. The van der Waals surface area contributed by atoms with Crippen molar-refractivity contribution in [2.45, 2.75) is 37.4 Å². The van der Waals surface area contributed by atoms with Crippen LogP contribution in [0.3, 0.4) is 0 Å². The Kier molecular flexibility index (Phi) is 3.81. The SMILES string of the molecule is O=C(NC1CCCC2(C1)N=N2)c1cncc(-c2ccc(Cl)cc2)c1. The predicted molar refractivity (Wildman–Crippen MR) is 92.0 cm³/mol. The fraction of sp³-hybridized carbons (Fsp3) is 0.333. The molecule has 1 aromatic heterocycles. The Morgan fingerprint density at radius 3 is 2.71 bits per heavy atom. The third kappa shape index (κ3) is 3.17. The number of halogens is 1. The van der Waals surface area contributed by atoms with Crippen molar-refractivity contribution in [1.29, 1.82) is 0 Å². The van der Waals surface area contributed by atoms with Crippen molar-refractivity contribution < 1.29 is 4.79 Å². The van der Waals surface area contributed by atoms with Crippen LogP contribution in [0.25, 0.3) is 11.1 Å². The van der Waals surface area contributed by atoms with Gasteiger partial charge in [0, 0.05) is 35.4 Å². The minimum atomic E-state index is -0.195. The van der Waals surface area contributed by atoms with Crippen molar-refractivity contribution >= 4 is 17.5 Å². The molecule has 24 heavy (non-hydrogen) atoms. The number of aromatic nitrogens is 1. The number of hydrogen-bond donors (Lipinski definition) is 1. The van der Waals surface area contributed by atoms with Crippen molar-refractivity contribution in [3.63, 3.8) is 0 Å². The molecule has 1 aliphatic carbocycles. The smallest absolute Gasteiger partial charge is 0.253 e. The monoisotopic (exact) mass is 340 g/mol. The molecule has 1 saturated carbocycles. The molecule has 2 aliphatic rings. The summed E-state index contributed by atoms with van der Waals surface area (Å²) in [6, 6.07) is 9.47. The lowest BCUT2D eigenvalue weighted by molar-refractivity contribution is 0.0922. The van der Waals surface area contributed by atoms with E-state index in [0.717, 1.165) is 36.8 Å². The van der Waals surface area contributed by atoms with E-state index < -0.39 is 0 Å². The van der Waals surface area contributed by atoms with Gasteiger partial charge in [-0.15, -0.1) is 0 Å². The summed E-state index contributed by atoms with van der Waals surface area (Å²) in [6.45, 7) is 0. The quantitative estimate of drug-likeness (QED) is 0.908. The van der Waals surface area contributed by atoms with E-state index in [2.05, 4.69) is 20.5 Å². The van der Waals surface area contributed by atoms with Gasteiger partial charge in [-0.05, 0) is 43.0 Å². The maximum absolute atomic E-state index is 12.5. The van der Waals surface area contributed by atoms with Crippen LogP contribution in [-0.2, 0) is 0 Å². The van der Waals surface area contributed by atoms with E-state index in [1.54, 1.807) is 12.4 Å². The lowest BCUT2D eigenvalue weighted by atomic mass is 9.88. The Morgan fingerprint density at radius 1 is 1.17 bits per heavy atom. The molecule has 1 fully saturated rings. The minimum Gasteiger partial charge on any atom is -0.349 e. The van der Waals surface area contributed by atoms with E-state index in [0.29, 0.717) is 10.6 Å². The van der Waals surface area contributed by atoms with Crippen LogP contribution in [0.2, 0.25) is 5.02 Å². The van der Waals surface area contributed by atoms with E-state index in [1.807, 2.05) is 30.3 Å². The van der Waals surface area contributed by atoms with Gasteiger partial charge in [0.25, 0.3) is 5.91 Å². The second-order valence-corrected chi connectivity index (χ2v) is 6.85. The van der Waals surface area contributed by atoms with Gasteiger partial charge in [-0.2, -0.15) is 10.2 Å². The molecule has 2 aromatic rings. The number of hydrogen-bond acceptors (Lipinski definition) is 4. The summed E-state index contributed by atoms with van der Waals surface area (Å²) >= 11 is 5.92. The van der Waals surface area contributed by atoms with E-state index >= 15 is 0 Å². The number of nitrogens with zero attached hydrogens (tertiary/aromatic N) is 3. The molecule has 5 nitrogen and oxygen atoms in total. The van der Waals surface area contributed by atoms with Gasteiger partial charge in [0.2, 0.25) is 0 Å². The highest BCUT2D eigenvalue weighted by molar-refractivity contribution is 6.30. The molecular formula is C18H17ClN4O. The van der Waals surface area contributed by atoms with Crippen LogP contribution in [-0.4, -0.2) is 22.6 Å². The highest BCUT2D eigenvalue weighted by atomic mass is 35.5. The third-order valence-electron chi connectivity index (χ3n) is 4.60. The zero-order valence-corrected chi connectivity index (χ0v) is 13.8. The zero-order valence-electron chi connectivity index (χ0n) is 13.1.